The van der Waals surface area contributed by atoms with E-state index in [4.69, 9.17) is 4.74 Å². The van der Waals surface area contributed by atoms with Gasteiger partial charge in [0.05, 0.1) is 6.61 Å². The van der Waals surface area contributed by atoms with Crippen LogP contribution in [-0.4, -0.2) is 17.6 Å². The summed E-state index contributed by atoms with van der Waals surface area (Å²) in [5, 5.41) is 0. The van der Waals surface area contributed by atoms with Crippen LogP contribution in [0.15, 0.2) is 12.1 Å². The number of ether oxygens (including phenoxy) is 1. The van der Waals surface area contributed by atoms with Gasteiger partial charge in [0.25, 0.3) is 0 Å². The van der Waals surface area contributed by atoms with E-state index in [0.29, 0.717) is 6.61 Å². The fourth-order valence-electron chi connectivity index (χ4n) is 1.27. The van der Waals surface area contributed by atoms with Crippen molar-refractivity contribution in [3.8, 4) is 0 Å². The highest BCUT2D eigenvalue weighted by atomic mass is 16.5. The molecule has 0 saturated heterocycles. The molecule has 0 unspecified atom stereocenters. The van der Waals surface area contributed by atoms with Crippen molar-refractivity contribution >= 4 is 12.0 Å². The van der Waals surface area contributed by atoms with Gasteiger partial charge in [-0.05, 0) is 38.5 Å². The van der Waals surface area contributed by atoms with Gasteiger partial charge in [0.1, 0.15) is 0 Å². The summed E-state index contributed by atoms with van der Waals surface area (Å²) in [5.41, 5.74) is 3.17. The van der Waals surface area contributed by atoms with E-state index in [9.17, 15) is 4.79 Å². The van der Waals surface area contributed by atoms with E-state index in [2.05, 4.69) is 4.98 Å². The van der Waals surface area contributed by atoms with Gasteiger partial charge < -0.3 is 9.72 Å². The van der Waals surface area contributed by atoms with E-state index in [1.807, 2.05) is 19.9 Å². The molecule has 0 aliphatic rings. The predicted octanol–water partition coefficient (Wildman–Crippen LogP) is 2.21. The molecule has 14 heavy (non-hydrogen) atoms. The van der Waals surface area contributed by atoms with Crippen LogP contribution in [0.1, 0.15) is 23.9 Å². The monoisotopic (exact) mass is 193 g/mol. The molecule has 0 bridgehead atoms. The summed E-state index contributed by atoms with van der Waals surface area (Å²) in [4.78, 5) is 14.2. The molecule has 3 heteroatoms. The van der Waals surface area contributed by atoms with Crippen molar-refractivity contribution in [2.45, 2.75) is 20.8 Å². The van der Waals surface area contributed by atoms with Crippen LogP contribution in [0.5, 0.6) is 0 Å². The highest BCUT2D eigenvalue weighted by Gasteiger charge is 1.99. The van der Waals surface area contributed by atoms with Crippen LogP contribution in [0.25, 0.3) is 6.08 Å². The minimum absolute atomic E-state index is 0.300. The van der Waals surface area contributed by atoms with Crippen molar-refractivity contribution in [3.05, 3.63) is 29.1 Å². The Hall–Kier alpha value is -1.51. The normalized spacial score (nSPS) is 10.8. The highest BCUT2D eigenvalue weighted by molar-refractivity contribution is 5.87. The lowest BCUT2D eigenvalue weighted by Crippen LogP contribution is -1.98. The quantitative estimate of drug-likeness (QED) is 0.590. The Morgan fingerprint density at radius 2 is 2.29 bits per heavy atom. The molecule has 0 amide bonds. The molecule has 1 aromatic rings. The Kier molecular flexibility index (Phi) is 3.51. The highest BCUT2D eigenvalue weighted by Crippen LogP contribution is 2.10. The number of hydrogen-bond acceptors (Lipinski definition) is 2. The Balaban J connectivity index is 2.68. The van der Waals surface area contributed by atoms with Crippen molar-refractivity contribution in [1.29, 1.82) is 0 Å². The number of aryl methyl sites for hydroxylation is 2. The zero-order chi connectivity index (χ0) is 10.6. The average Bonchev–Trinajstić information content (AvgIpc) is 2.42. The van der Waals surface area contributed by atoms with Crippen LogP contribution in [0.3, 0.4) is 0 Å². The first-order valence-corrected chi connectivity index (χ1v) is 4.64. The summed E-state index contributed by atoms with van der Waals surface area (Å²) in [5.74, 6) is -0.300. The summed E-state index contributed by atoms with van der Waals surface area (Å²) < 4.78 is 4.77. The summed E-state index contributed by atoms with van der Waals surface area (Å²) in [6.45, 7) is 6.15. The second-order valence-electron chi connectivity index (χ2n) is 3.12. The second kappa shape index (κ2) is 4.65. The van der Waals surface area contributed by atoms with E-state index in [0.717, 1.165) is 17.0 Å². The van der Waals surface area contributed by atoms with Crippen molar-refractivity contribution in [2.24, 2.45) is 0 Å². The zero-order valence-corrected chi connectivity index (χ0v) is 8.76. The van der Waals surface area contributed by atoms with Gasteiger partial charge in [-0.1, -0.05) is 0 Å². The lowest BCUT2D eigenvalue weighted by Gasteiger charge is -1.94. The van der Waals surface area contributed by atoms with E-state index in [1.165, 1.54) is 6.08 Å². The third kappa shape index (κ3) is 2.76. The fourth-order valence-corrected chi connectivity index (χ4v) is 1.27. The van der Waals surface area contributed by atoms with Crippen LogP contribution in [0.4, 0.5) is 0 Å². The largest absolute Gasteiger partial charge is 0.463 e. The number of hydrogen-bond donors (Lipinski definition) is 1. The lowest BCUT2D eigenvalue weighted by atomic mass is 10.2. The van der Waals surface area contributed by atoms with Crippen LogP contribution >= 0.6 is 0 Å². The number of carbonyl (C=O) groups is 1. The molecule has 0 aliphatic heterocycles. The molecule has 1 N–H and O–H groups in total. The molecule has 0 aliphatic carbocycles. The van der Waals surface area contributed by atoms with Gasteiger partial charge >= 0.3 is 5.97 Å². The first kappa shape index (κ1) is 10.6. The summed E-state index contributed by atoms with van der Waals surface area (Å²) >= 11 is 0. The Morgan fingerprint density at radius 1 is 1.57 bits per heavy atom. The summed E-state index contributed by atoms with van der Waals surface area (Å²) in [7, 11) is 0. The molecule has 0 spiro atoms. The Bertz CT molecular complexity index is 350. The standard InChI is InChI=1S/C11H15NO2/c1-4-14-11(13)6-5-10-7-8(2)12-9(10)3/h5-7,12H,4H2,1-3H3/b6-5+. The van der Waals surface area contributed by atoms with E-state index >= 15 is 0 Å². The Morgan fingerprint density at radius 3 is 2.79 bits per heavy atom. The van der Waals surface area contributed by atoms with Crippen LogP contribution in [0, 0.1) is 13.8 Å². The third-order valence-electron chi connectivity index (χ3n) is 1.88. The zero-order valence-electron chi connectivity index (χ0n) is 8.76. The molecule has 0 atom stereocenters. The van der Waals surface area contributed by atoms with E-state index < -0.39 is 0 Å². The second-order valence-corrected chi connectivity index (χ2v) is 3.12. The summed E-state index contributed by atoms with van der Waals surface area (Å²) in [6, 6.07) is 1.99. The maximum Gasteiger partial charge on any atom is 0.330 e. The maximum atomic E-state index is 11.0. The van der Waals surface area contributed by atoms with E-state index in [-0.39, 0.29) is 5.97 Å². The number of H-pyrrole nitrogens is 1. The van der Waals surface area contributed by atoms with Crippen molar-refractivity contribution in [2.75, 3.05) is 6.61 Å². The SMILES string of the molecule is CCOC(=O)/C=C/c1cc(C)[nH]c1C. The van der Waals surface area contributed by atoms with Crippen molar-refractivity contribution in [3.63, 3.8) is 0 Å². The van der Waals surface area contributed by atoms with Crippen LogP contribution in [0.2, 0.25) is 0 Å². The van der Waals surface area contributed by atoms with E-state index in [1.54, 1.807) is 13.0 Å². The maximum absolute atomic E-state index is 11.0. The van der Waals surface area contributed by atoms with Gasteiger partial charge in [0.2, 0.25) is 0 Å². The van der Waals surface area contributed by atoms with Crippen LogP contribution < -0.4 is 0 Å². The molecule has 0 aromatic carbocycles. The smallest absolute Gasteiger partial charge is 0.330 e. The lowest BCUT2D eigenvalue weighted by molar-refractivity contribution is -0.137. The number of aromatic amines is 1. The number of nitrogens with one attached hydrogen (secondary N) is 1. The first-order valence-electron chi connectivity index (χ1n) is 4.64. The minimum Gasteiger partial charge on any atom is -0.463 e. The van der Waals surface area contributed by atoms with Gasteiger partial charge in [-0.3, -0.25) is 0 Å². The fraction of sp³-hybridized carbons (Fsp3) is 0.364. The molecule has 0 radical (unpaired) electrons. The van der Waals surface area contributed by atoms with Gasteiger partial charge in [0, 0.05) is 17.5 Å². The molecule has 1 rings (SSSR count). The molecule has 76 valence electrons. The Labute approximate surface area is 83.8 Å². The number of carbonyl (C=O) groups excluding carboxylic acids is 1. The van der Waals surface area contributed by atoms with Crippen LogP contribution in [-0.2, 0) is 9.53 Å². The predicted molar refractivity (Wildman–Crippen MR) is 55.9 cm³/mol. The van der Waals surface area contributed by atoms with Gasteiger partial charge in [-0.25, -0.2) is 4.79 Å². The minimum atomic E-state index is -0.300. The van der Waals surface area contributed by atoms with Crippen molar-refractivity contribution in [1.82, 2.24) is 4.98 Å². The van der Waals surface area contributed by atoms with Gasteiger partial charge in [-0.2, -0.15) is 0 Å². The molecule has 3 nitrogen and oxygen atoms in total. The van der Waals surface area contributed by atoms with Crippen molar-refractivity contribution < 1.29 is 9.53 Å². The van der Waals surface area contributed by atoms with Gasteiger partial charge in [0.15, 0.2) is 0 Å². The molecule has 0 saturated carbocycles. The third-order valence-corrected chi connectivity index (χ3v) is 1.88. The van der Waals surface area contributed by atoms with Gasteiger partial charge in [-0.15, -0.1) is 0 Å². The molecule has 0 fully saturated rings. The summed E-state index contributed by atoms with van der Waals surface area (Å²) in [6.07, 6.45) is 3.20. The number of aromatic nitrogens is 1. The average molecular weight is 193 g/mol. The molecule has 1 heterocycles. The topological polar surface area (TPSA) is 42.1 Å². The first-order chi connectivity index (χ1) is 6.63. The molecular formula is C11H15NO2. The number of esters is 1. The number of rotatable bonds is 3. The molecular weight excluding hydrogens is 178 g/mol. The molecule has 1 aromatic heterocycles.